The highest BCUT2D eigenvalue weighted by atomic mass is 32.2. The summed E-state index contributed by atoms with van der Waals surface area (Å²) < 4.78 is 6.50. The van der Waals surface area contributed by atoms with Crippen LogP contribution in [0.5, 0.6) is 0 Å². The van der Waals surface area contributed by atoms with Gasteiger partial charge in [0.2, 0.25) is 5.13 Å². The van der Waals surface area contributed by atoms with Crippen LogP contribution < -0.4 is 10.2 Å². The molecule has 0 saturated heterocycles. The molecule has 0 fully saturated rings. The molecule has 1 atom stereocenters. The van der Waals surface area contributed by atoms with Crippen molar-refractivity contribution in [3.8, 4) is 0 Å². The summed E-state index contributed by atoms with van der Waals surface area (Å²) in [5, 5.41) is 12.5. The maximum atomic E-state index is 5.51. The number of nitrogens with zero attached hydrogens (tertiary/aromatic N) is 3. The molecule has 5 nitrogen and oxygen atoms in total. The van der Waals surface area contributed by atoms with Crippen LogP contribution in [-0.4, -0.2) is 55.8 Å². The number of ether oxygens (including phenoxy) is 1. The fraction of sp³-hybridized carbons (Fsp3) is 0.818. The number of hydrogen-bond acceptors (Lipinski definition) is 7. The Hall–Kier alpha value is -0.370. The number of thioether (sulfide) groups is 1. The lowest BCUT2D eigenvalue weighted by molar-refractivity contribution is -0.00155. The van der Waals surface area contributed by atoms with E-state index in [9.17, 15) is 0 Å². The molecule has 18 heavy (non-hydrogen) atoms. The third-order valence-corrected chi connectivity index (χ3v) is 5.18. The summed E-state index contributed by atoms with van der Waals surface area (Å²) in [5.74, 6) is 0.902. The third-order valence-electron chi connectivity index (χ3n) is 2.87. The van der Waals surface area contributed by atoms with E-state index in [-0.39, 0.29) is 11.6 Å². The van der Waals surface area contributed by atoms with E-state index in [2.05, 4.69) is 29.4 Å². The van der Waals surface area contributed by atoms with Crippen molar-refractivity contribution >= 4 is 28.2 Å². The minimum absolute atomic E-state index is 0.198. The molecular formula is C11H22N4OS2. The number of aromatic nitrogens is 2. The predicted octanol–water partition coefficient (Wildman–Crippen LogP) is 1.71. The van der Waals surface area contributed by atoms with Crippen LogP contribution in [0.3, 0.4) is 0 Å². The largest absolute Gasteiger partial charge is 0.377 e. The molecule has 1 aromatic rings. The maximum absolute atomic E-state index is 5.51. The van der Waals surface area contributed by atoms with Crippen molar-refractivity contribution in [3.05, 3.63) is 0 Å². The summed E-state index contributed by atoms with van der Waals surface area (Å²) in [6.45, 7) is 4.17. The van der Waals surface area contributed by atoms with Gasteiger partial charge in [-0.1, -0.05) is 23.1 Å². The molecule has 1 aromatic heterocycles. The fourth-order valence-corrected chi connectivity index (χ4v) is 3.51. The van der Waals surface area contributed by atoms with Crippen LogP contribution in [0.1, 0.15) is 13.8 Å². The molecular weight excluding hydrogens is 268 g/mol. The molecule has 0 amide bonds. The first kappa shape index (κ1) is 15.7. The zero-order valence-corrected chi connectivity index (χ0v) is 13.5. The highest BCUT2D eigenvalue weighted by molar-refractivity contribution is 8.01. The Morgan fingerprint density at radius 3 is 2.56 bits per heavy atom. The zero-order valence-electron chi connectivity index (χ0n) is 11.9. The second-order valence-electron chi connectivity index (χ2n) is 4.70. The highest BCUT2D eigenvalue weighted by Gasteiger charge is 2.28. The van der Waals surface area contributed by atoms with Crippen LogP contribution in [0.15, 0.2) is 4.34 Å². The van der Waals surface area contributed by atoms with Gasteiger partial charge in [-0.05, 0) is 20.9 Å². The van der Waals surface area contributed by atoms with E-state index in [4.69, 9.17) is 4.74 Å². The van der Waals surface area contributed by atoms with Gasteiger partial charge in [-0.25, -0.2) is 0 Å². The number of likely N-dealkylation sites (N-methyl/N-ethyl adjacent to an activating group) is 1. The first-order chi connectivity index (χ1) is 8.40. The first-order valence-electron chi connectivity index (χ1n) is 5.76. The van der Waals surface area contributed by atoms with Crippen LogP contribution >= 0.6 is 23.1 Å². The molecule has 7 heteroatoms. The average Bonchev–Trinajstić information content (AvgIpc) is 2.78. The molecule has 1 heterocycles. The Labute approximate surface area is 117 Å². The third kappa shape index (κ3) is 4.08. The van der Waals surface area contributed by atoms with E-state index < -0.39 is 0 Å². The maximum Gasteiger partial charge on any atom is 0.208 e. The first-order valence-corrected chi connectivity index (χ1v) is 7.57. The Balaban J connectivity index is 2.57. The van der Waals surface area contributed by atoms with Gasteiger partial charge in [0.05, 0.1) is 5.60 Å². The van der Waals surface area contributed by atoms with Crippen LogP contribution in [0.4, 0.5) is 5.13 Å². The molecule has 104 valence electrons. The lowest BCUT2D eigenvalue weighted by atomic mass is 10.0. The number of nitrogens with one attached hydrogen (secondary N) is 1. The van der Waals surface area contributed by atoms with E-state index in [1.54, 1.807) is 30.2 Å². The standard InChI is InChI=1S/C11H22N4OS2/c1-11(2,16-6)8(12-3)7-17-10-14-13-9(18-10)15(4)5/h8,12H,7H2,1-6H3. The minimum Gasteiger partial charge on any atom is -0.377 e. The van der Waals surface area contributed by atoms with E-state index in [0.717, 1.165) is 15.2 Å². The SMILES string of the molecule is CNC(CSc1nnc(N(C)C)s1)C(C)(C)OC. The highest BCUT2D eigenvalue weighted by Crippen LogP contribution is 2.29. The lowest BCUT2D eigenvalue weighted by Crippen LogP contribution is -2.48. The normalized spacial score (nSPS) is 13.7. The van der Waals surface area contributed by atoms with Crippen LogP contribution in [0.2, 0.25) is 0 Å². The summed E-state index contributed by atoms with van der Waals surface area (Å²) in [4.78, 5) is 1.97. The number of methoxy groups -OCH3 is 1. The van der Waals surface area contributed by atoms with Gasteiger partial charge in [0, 0.05) is 33.0 Å². The Morgan fingerprint density at radius 1 is 1.44 bits per heavy atom. The predicted molar refractivity (Wildman–Crippen MR) is 78.9 cm³/mol. The number of anilines is 1. The zero-order chi connectivity index (χ0) is 13.8. The lowest BCUT2D eigenvalue weighted by Gasteiger charge is -2.32. The molecule has 0 aromatic carbocycles. The summed E-state index contributed by atoms with van der Waals surface area (Å²) in [6, 6.07) is 0.263. The van der Waals surface area contributed by atoms with Gasteiger partial charge < -0.3 is 15.0 Å². The molecule has 0 radical (unpaired) electrons. The summed E-state index contributed by atoms with van der Waals surface area (Å²) in [6.07, 6.45) is 0. The molecule has 0 saturated carbocycles. The Kier molecular flexibility index (Phi) is 5.84. The van der Waals surface area contributed by atoms with Gasteiger partial charge in [-0.3, -0.25) is 0 Å². The van der Waals surface area contributed by atoms with Crippen molar-refractivity contribution in [1.82, 2.24) is 15.5 Å². The number of hydrogen-bond donors (Lipinski definition) is 1. The van der Waals surface area contributed by atoms with Gasteiger partial charge >= 0.3 is 0 Å². The molecule has 1 N–H and O–H groups in total. The molecule has 0 aliphatic rings. The van der Waals surface area contributed by atoms with Crippen molar-refractivity contribution in [2.75, 3.05) is 38.9 Å². The van der Waals surface area contributed by atoms with Crippen molar-refractivity contribution in [2.24, 2.45) is 0 Å². The second-order valence-corrected chi connectivity index (χ2v) is 6.93. The van der Waals surface area contributed by atoms with Crippen LogP contribution in [0.25, 0.3) is 0 Å². The summed E-state index contributed by atoms with van der Waals surface area (Å²) >= 11 is 3.32. The molecule has 1 rings (SSSR count). The number of rotatable bonds is 7. The van der Waals surface area contributed by atoms with E-state index in [1.165, 1.54) is 0 Å². The topological polar surface area (TPSA) is 50.3 Å². The van der Waals surface area contributed by atoms with Gasteiger partial charge in [0.1, 0.15) is 0 Å². The van der Waals surface area contributed by atoms with Crippen molar-refractivity contribution in [3.63, 3.8) is 0 Å². The van der Waals surface area contributed by atoms with E-state index in [1.807, 2.05) is 26.0 Å². The van der Waals surface area contributed by atoms with Gasteiger partial charge in [-0.15, -0.1) is 10.2 Å². The van der Waals surface area contributed by atoms with Gasteiger partial charge in [0.25, 0.3) is 0 Å². The Bertz CT molecular complexity index is 368. The molecule has 0 bridgehead atoms. The second kappa shape index (κ2) is 6.70. The van der Waals surface area contributed by atoms with E-state index in [0.29, 0.717) is 0 Å². The minimum atomic E-state index is -0.198. The van der Waals surface area contributed by atoms with Gasteiger partial charge in [-0.2, -0.15) is 0 Å². The smallest absolute Gasteiger partial charge is 0.208 e. The van der Waals surface area contributed by atoms with Crippen LogP contribution in [-0.2, 0) is 4.74 Å². The molecule has 0 aliphatic heterocycles. The molecule has 0 aliphatic carbocycles. The summed E-state index contributed by atoms with van der Waals surface area (Å²) in [5.41, 5.74) is -0.198. The van der Waals surface area contributed by atoms with Gasteiger partial charge in [0.15, 0.2) is 4.34 Å². The quantitative estimate of drug-likeness (QED) is 0.772. The molecule has 0 spiro atoms. The van der Waals surface area contributed by atoms with E-state index >= 15 is 0 Å². The molecule has 1 unspecified atom stereocenters. The fourth-order valence-electron chi connectivity index (χ4n) is 1.37. The van der Waals surface area contributed by atoms with Crippen molar-refractivity contribution in [1.29, 1.82) is 0 Å². The monoisotopic (exact) mass is 290 g/mol. The van der Waals surface area contributed by atoms with Crippen LogP contribution in [0, 0.1) is 0 Å². The van der Waals surface area contributed by atoms with Crippen molar-refractivity contribution < 1.29 is 4.74 Å². The summed E-state index contributed by atoms with van der Waals surface area (Å²) in [7, 11) is 7.64. The average molecular weight is 290 g/mol. The van der Waals surface area contributed by atoms with Crippen molar-refractivity contribution in [2.45, 2.75) is 29.8 Å². The Morgan fingerprint density at radius 2 is 2.11 bits per heavy atom.